The number of hydrogen-bond acceptors (Lipinski definition) is 2. The number of carbonyl (C=O) groups excluding carboxylic acids is 2. The van der Waals surface area contributed by atoms with Gasteiger partial charge in [-0.2, -0.15) is 0 Å². The predicted octanol–water partition coefficient (Wildman–Crippen LogP) is 2.77. The highest BCUT2D eigenvalue weighted by atomic mass is 35.5. The summed E-state index contributed by atoms with van der Waals surface area (Å²) >= 11 is 10.8. The van der Waals surface area contributed by atoms with Crippen molar-refractivity contribution in [1.29, 1.82) is 0 Å². The lowest BCUT2D eigenvalue weighted by atomic mass is 9.86. The summed E-state index contributed by atoms with van der Waals surface area (Å²) in [4.78, 5) is 22.3. The molecule has 4 heteroatoms. The second-order valence-corrected chi connectivity index (χ2v) is 4.23. The molecular weight excluding hydrogens is 235 g/mol. The minimum atomic E-state index is -1.34. The molecule has 80 valence electrons. The molecule has 0 atom stereocenters. The second-order valence-electron chi connectivity index (χ2n) is 3.54. The van der Waals surface area contributed by atoms with Gasteiger partial charge in [-0.15, -0.1) is 0 Å². The van der Waals surface area contributed by atoms with Crippen LogP contribution in [-0.2, 0) is 16.0 Å². The SMILES string of the molecule is CC(Cc1ccccc1)(C(=O)Cl)C(=O)Cl. The van der Waals surface area contributed by atoms with Crippen LogP contribution in [0.1, 0.15) is 12.5 Å². The van der Waals surface area contributed by atoms with Crippen LogP contribution < -0.4 is 0 Å². The summed E-state index contributed by atoms with van der Waals surface area (Å²) in [7, 11) is 0. The van der Waals surface area contributed by atoms with Crippen LogP contribution in [0.2, 0.25) is 0 Å². The topological polar surface area (TPSA) is 34.1 Å². The second kappa shape index (κ2) is 4.77. The van der Waals surface area contributed by atoms with E-state index in [4.69, 9.17) is 23.2 Å². The Labute approximate surface area is 98.2 Å². The van der Waals surface area contributed by atoms with Crippen molar-refractivity contribution in [2.75, 3.05) is 0 Å². The van der Waals surface area contributed by atoms with Gasteiger partial charge < -0.3 is 0 Å². The van der Waals surface area contributed by atoms with Crippen LogP contribution in [-0.4, -0.2) is 10.5 Å². The van der Waals surface area contributed by atoms with E-state index in [1.165, 1.54) is 6.92 Å². The number of rotatable bonds is 4. The van der Waals surface area contributed by atoms with Crippen molar-refractivity contribution in [3.05, 3.63) is 35.9 Å². The molecule has 2 nitrogen and oxygen atoms in total. The lowest BCUT2D eigenvalue weighted by molar-refractivity contribution is -0.130. The molecule has 0 unspecified atom stereocenters. The molecule has 1 rings (SSSR count). The summed E-state index contributed by atoms with van der Waals surface area (Å²) in [6.07, 6.45) is 0.221. The molecule has 15 heavy (non-hydrogen) atoms. The molecule has 0 amide bonds. The van der Waals surface area contributed by atoms with Gasteiger partial charge in [-0.1, -0.05) is 30.3 Å². The molecule has 0 saturated heterocycles. The van der Waals surface area contributed by atoms with Crippen LogP contribution in [0.15, 0.2) is 30.3 Å². The Hall–Kier alpha value is -0.860. The fraction of sp³-hybridized carbons (Fsp3) is 0.273. The van der Waals surface area contributed by atoms with E-state index in [0.717, 1.165) is 5.56 Å². The molecule has 0 heterocycles. The van der Waals surface area contributed by atoms with Gasteiger partial charge in [0.15, 0.2) is 0 Å². The van der Waals surface area contributed by atoms with Gasteiger partial charge in [0.05, 0.1) is 0 Å². The van der Waals surface area contributed by atoms with E-state index in [-0.39, 0.29) is 6.42 Å². The normalized spacial score (nSPS) is 11.1. The molecule has 0 radical (unpaired) electrons. The minimum Gasteiger partial charge on any atom is -0.280 e. The molecular formula is C11H10Cl2O2. The molecule has 0 aliphatic carbocycles. The molecule has 1 aromatic rings. The standard InChI is InChI=1S/C11H10Cl2O2/c1-11(9(12)14,10(13)15)7-8-5-3-2-4-6-8/h2-6H,7H2,1H3. The molecule has 0 spiro atoms. The Morgan fingerprint density at radius 3 is 2.00 bits per heavy atom. The monoisotopic (exact) mass is 244 g/mol. The Morgan fingerprint density at radius 1 is 1.13 bits per heavy atom. The van der Waals surface area contributed by atoms with Gasteiger partial charge in [0.2, 0.25) is 10.5 Å². The fourth-order valence-corrected chi connectivity index (χ4v) is 1.57. The van der Waals surface area contributed by atoms with E-state index in [1.54, 1.807) is 0 Å². The molecule has 0 fully saturated rings. The number of benzene rings is 1. The van der Waals surface area contributed by atoms with Gasteiger partial charge in [-0.3, -0.25) is 9.59 Å². The molecule has 0 aromatic heterocycles. The van der Waals surface area contributed by atoms with Crippen molar-refractivity contribution >= 4 is 33.7 Å². The first-order valence-electron chi connectivity index (χ1n) is 4.40. The van der Waals surface area contributed by atoms with Crippen LogP contribution in [0.4, 0.5) is 0 Å². The maximum atomic E-state index is 11.2. The summed E-state index contributed by atoms with van der Waals surface area (Å²) in [6.45, 7) is 1.45. The van der Waals surface area contributed by atoms with E-state index < -0.39 is 15.9 Å². The van der Waals surface area contributed by atoms with Gasteiger partial charge in [0.25, 0.3) is 0 Å². The Morgan fingerprint density at radius 2 is 1.60 bits per heavy atom. The maximum absolute atomic E-state index is 11.2. The largest absolute Gasteiger partial charge is 0.280 e. The Bertz CT molecular complexity index is 359. The predicted molar refractivity (Wildman–Crippen MR) is 60.0 cm³/mol. The lowest BCUT2D eigenvalue weighted by Crippen LogP contribution is -2.33. The zero-order valence-corrected chi connectivity index (χ0v) is 9.68. The molecule has 0 bridgehead atoms. The van der Waals surface area contributed by atoms with Gasteiger partial charge in [0.1, 0.15) is 5.41 Å². The lowest BCUT2D eigenvalue weighted by Gasteiger charge is -2.20. The van der Waals surface area contributed by atoms with Crippen molar-refractivity contribution in [2.24, 2.45) is 5.41 Å². The summed E-state index contributed by atoms with van der Waals surface area (Å²) < 4.78 is 0. The Kier molecular flexibility index (Phi) is 3.89. The van der Waals surface area contributed by atoms with Crippen LogP contribution in [0.5, 0.6) is 0 Å². The highest BCUT2D eigenvalue weighted by Crippen LogP contribution is 2.28. The van der Waals surface area contributed by atoms with E-state index in [2.05, 4.69) is 0 Å². The molecule has 0 aliphatic heterocycles. The van der Waals surface area contributed by atoms with Gasteiger partial charge >= 0.3 is 0 Å². The smallest absolute Gasteiger partial charge is 0.236 e. The summed E-state index contributed by atoms with van der Waals surface area (Å²) in [5.41, 5.74) is -0.493. The van der Waals surface area contributed by atoms with Crippen LogP contribution in [0, 0.1) is 5.41 Å². The van der Waals surface area contributed by atoms with Crippen molar-refractivity contribution in [1.82, 2.24) is 0 Å². The highest BCUT2D eigenvalue weighted by molar-refractivity contribution is 6.74. The van der Waals surface area contributed by atoms with Crippen LogP contribution in [0.3, 0.4) is 0 Å². The average molecular weight is 245 g/mol. The third kappa shape index (κ3) is 2.80. The first-order chi connectivity index (χ1) is 6.97. The third-order valence-electron chi connectivity index (χ3n) is 2.27. The van der Waals surface area contributed by atoms with Gasteiger partial charge in [-0.25, -0.2) is 0 Å². The van der Waals surface area contributed by atoms with Crippen LogP contribution >= 0.6 is 23.2 Å². The molecule has 1 aromatic carbocycles. The van der Waals surface area contributed by atoms with Crippen molar-refractivity contribution in [2.45, 2.75) is 13.3 Å². The average Bonchev–Trinajstić information content (AvgIpc) is 2.18. The van der Waals surface area contributed by atoms with Crippen molar-refractivity contribution in [3.63, 3.8) is 0 Å². The van der Waals surface area contributed by atoms with Crippen molar-refractivity contribution < 1.29 is 9.59 Å². The van der Waals surface area contributed by atoms with E-state index in [9.17, 15) is 9.59 Å². The Balaban J connectivity index is 2.95. The maximum Gasteiger partial charge on any atom is 0.236 e. The number of halogens is 2. The quantitative estimate of drug-likeness (QED) is 0.603. The number of hydrogen-bond donors (Lipinski definition) is 0. The van der Waals surface area contributed by atoms with E-state index in [1.807, 2.05) is 30.3 Å². The van der Waals surface area contributed by atoms with Crippen LogP contribution in [0.25, 0.3) is 0 Å². The fourth-order valence-electron chi connectivity index (χ4n) is 1.22. The van der Waals surface area contributed by atoms with Gasteiger partial charge in [-0.05, 0) is 42.1 Å². The zero-order valence-electron chi connectivity index (χ0n) is 8.17. The van der Waals surface area contributed by atoms with Gasteiger partial charge in [0, 0.05) is 0 Å². The van der Waals surface area contributed by atoms with E-state index >= 15 is 0 Å². The molecule has 0 N–H and O–H groups in total. The molecule has 0 aliphatic rings. The summed E-state index contributed by atoms with van der Waals surface area (Å²) in [5, 5.41) is -1.46. The zero-order chi connectivity index (χ0) is 11.5. The first kappa shape index (κ1) is 12.2. The summed E-state index contributed by atoms with van der Waals surface area (Å²) in [5.74, 6) is 0. The minimum absolute atomic E-state index is 0.221. The van der Waals surface area contributed by atoms with Crippen molar-refractivity contribution in [3.8, 4) is 0 Å². The highest BCUT2D eigenvalue weighted by Gasteiger charge is 2.38. The van der Waals surface area contributed by atoms with E-state index in [0.29, 0.717) is 0 Å². The first-order valence-corrected chi connectivity index (χ1v) is 5.16. The number of carbonyl (C=O) groups is 2. The summed E-state index contributed by atoms with van der Waals surface area (Å²) in [6, 6.07) is 9.14. The molecule has 0 saturated carbocycles. The third-order valence-corrected chi connectivity index (χ3v) is 3.10.